The van der Waals surface area contributed by atoms with Gasteiger partial charge in [0.05, 0.1) is 19.8 Å². The summed E-state index contributed by atoms with van der Waals surface area (Å²) in [6.07, 6.45) is 3.60. The first-order valence-electron chi connectivity index (χ1n) is 8.88. The van der Waals surface area contributed by atoms with E-state index in [4.69, 9.17) is 9.15 Å². The summed E-state index contributed by atoms with van der Waals surface area (Å²) in [5.74, 6) is 1.59. The highest BCUT2D eigenvalue weighted by Gasteiger charge is 2.37. The maximum atomic E-state index is 12.8. The van der Waals surface area contributed by atoms with Gasteiger partial charge in [-0.2, -0.15) is 5.10 Å². The van der Waals surface area contributed by atoms with Gasteiger partial charge < -0.3 is 14.1 Å². The molecule has 4 heterocycles. The summed E-state index contributed by atoms with van der Waals surface area (Å²) in [6, 6.07) is 5.90. The first kappa shape index (κ1) is 16.4. The molecule has 2 fully saturated rings. The Morgan fingerprint density at radius 3 is 2.88 bits per heavy atom. The maximum Gasteiger partial charge on any atom is 0.289 e. The maximum absolute atomic E-state index is 12.8. The highest BCUT2D eigenvalue weighted by Crippen LogP contribution is 2.24. The molecule has 2 atom stereocenters. The lowest BCUT2D eigenvalue weighted by molar-refractivity contribution is 0.0118. The van der Waals surface area contributed by atoms with Crippen LogP contribution in [0.1, 0.15) is 23.2 Å². The van der Waals surface area contributed by atoms with Crippen LogP contribution in [-0.4, -0.2) is 70.9 Å². The molecule has 2 aliphatic heterocycles. The third-order valence-corrected chi connectivity index (χ3v) is 5.12. The summed E-state index contributed by atoms with van der Waals surface area (Å²) in [7, 11) is 0. The van der Waals surface area contributed by atoms with Crippen LogP contribution in [-0.2, 0) is 11.3 Å². The predicted molar refractivity (Wildman–Crippen MR) is 91.3 cm³/mol. The molecule has 25 heavy (non-hydrogen) atoms. The van der Waals surface area contributed by atoms with Crippen molar-refractivity contribution in [2.45, 2.75) is 19.5 Å². The summed E-state index contributed by atoms with van der Waals surface area (Å²) in [5, 5.41) is 4.16. The van der Waals surface area contributed by atoms with E-state index in [1.165, 1.54) is 0 Å². The van der Waals surface area contributed by atoms with Crippen molar-refractivity contribution in [3.8, 4) is 0 Å². The van der Waals surface area contributed by atoms with Crippen LogP contribution >= 0.6 is 0 Å². The Bertz CT molecular complexity index is 706. The molecule has 0 unspecified atom stereocenters. The van der Waals surface area contributed by atoms with Crippen LogP contribution in [0.5, 0.6) is 0 Å². The molecule has 134 valence electrons. The minimum atomic E-state index is -0.0191. The Labute approximate surface area is 147 Å². The van der Waals surface area contributed by atoms with E-state index < -0.39 is 0 Å². The molecule has 0 aromatic carbocycles. The molecule has 0 aliphatic carbocycles. The summed E-state index contributed by atoms with van der Waals surface area (Å²) in [6.45, 7) is 7.76. The number of ether oxygens (including phenoxy) is 1. The second kappa shape index (κ2) is 7.01. The van der Waals surface area contributed by atoms with Crippen molar-refractivity contribution in [2.75, 3.05) is 39.4 Å². The molecule has 2 aliphatic rings. The number of carbonyl (C=O) groups is 1. The lowest BCUT2D eigenvalue weighted by Crippen LogP contribution is -2.47. The topological polar surface area (TPSA) is 63.7 Å². The molecular weight excluding hydrogens is 320 g/mol. The van der Waals surface area contributed by atoms with E-state index in [2.05, 4.69) is 16.9 Å². The molecule has 0 spiro atoms. The zero-order valence-electron chi connectivity index (χ0n) is 14.5. The number of morpholine rings is 1. The fourth-order valence-corrected chi connectivity index (χ4v) is 3.79. The lowest BCUT2D eigenvalue weighted by Gasteiger charge is -2.33. The van der Waals surface area contributed by atoms with Crippen LogP contribution in [0.15, 0.2) is 35.0 Å². The van der Waals surface area contributed by atoms with Crippen molar-refractivity contribution < 1.29 is 13.9 Å². The standard InChI is InChI=1S/C18H24N4O3/c1-14-11-21(13-16(14)20-7-9-24-10-8-20)18(23)17-4-3-15(25-17)12-22-6-2-5-19-22/h2-6,14,16H,7-13H2,1H3/t14-,16+/m0/s1. The molecule has 7 heteroatoms. The zero-order valence-corrected chi connectivity index (χ0v) is 14.5. The fraction of sp³-hybridized carbons (Fsp3) is 0.556. The molecule has 2 aromatic rings. The molecule has 0 saturated carbocycles. The number of amides is 1. The summed E-state index contributed by atoms with van der Waals surface area (Å²) < 4.78 is 13.0. The van der Waals surface area contributed by atoms with Gasteiger partial charge in [-0.25, -0.2) is 0 Å². The van der Waals surface area contributed by atoms with Crippen molar-refractivity contribution in [3.05, 3.63) is 42.1 Å². The van der Waals surface area contributed by atoms with E-state index in [0.717, 1.165) is 45.2 Å². The summed E-state index contributed by atoms with van der Waals surface area (Å²) >= 11 is 0. The average molecular weight is 344 g/mol. The Morgan fingerprint density at radius 1 is 1.28 bits per heavy atom. The number of aromatic nitrogens is 2. The van der Waals surface area contributed by atoms with Gasteiger partial charge in [0.15, 0.2) is 5.76 Å². The molecular formula is C18H24N4O3. The highest BCUT2D eigenvalue weighted by atomic mass is 16.5. The fourth-order valence-electron chi connectivity index (χ4n) is 3.79. The number of likely N-dealkylation sites (tertiary alicyclic amines) is 1. The normalized spacial score (nSPS) is 24.8. The molecule has 0 N–H and O–H groups in total. The van der Waals surface area contributed by atoms with Crippen LogP contribution in [0.2, 0.25) is 0 Å². The van der Waals surface area contributed by atoms with Gasteiger partial charge in [-0.15, -0.1) is 0 Å². The third kappa shape index (κ3) is 3.48. The van der Waals surface area contributed by atoms with Crippen molar-refractivity contribution in [1.82, 2.24) is 19.6 Å². The Morgan fingerprint density at radius 2 is 2.12 bits per heavy atom. The Balaban J connectivity index is 1.40. The van der Waals surface area contributed by atoms with Crippen molar-refractivity contribution in [2.24, 2.45) is 5.92 Å². The lowest BCUT2D eigenvalue weighted by atomic mass is 10.0. The van der Waals surface area contributed by atoms with Gasteiger partial charge in [-0.3, -0.25) is 14.4 Å². The van der Waals surface area contributed by atoms with Gasteiger partial charge in [0.2, 0.25) is 0 Å². The van der Waals surface area contributed by atoms with E-state index in [-0.39, 0.29) is 5.91 Å². The molecule has 0 radical (unpaired) electrons. The van der Waals surface area contributed by atoms with Gasteiger partial charge in [-0.05, 0) is 24.1 Å². The zero-order chi connectivity index (χ0) is 17.2. The minimum Gasteiger partial charge on any atom is -0.454 e. The van der Waals surface area contributed by atoms with E-state index in [0.29, 0.717) is 24.3 Å². The number of nitrogens with zero attached hydrogens (tertiary/aromatic N) is 4. The molecule has 2 aromatic heterocycles. The predicted octanol–water partition coefficient (Wildman–Crippen LogP) is 1.32. The van der Waals surface area contributed by atoms with Crippen molar-refractivity contribution in [1.29, 1.82) is 0 Å². The van der Waals surface area contributed by atoms with Gasteiger partial charge in [0.1, 0.15) is 5.76 Å². The molecule has 2 saturated heterocycles. The molecule has 1 amide bonds. The van der Waals surface area contributed by atoms with E-state index in [9.17, 15) is 4.79 Å². The van der Waals surface area contributed by atoms with E-state index in [1.807, 2.05) is 23.2 Å². The number of furan rings is 1. The third-order valence-electron chi connectivity index (χ3n) is 5.12. The smallest absolute Gasteiger partial charge is 0.289 e. The quantitative estimate of drug-likeness (QED) is 0.837. The van der Waals surface area contributed by atoms with Crippen LogP contribution in [0, 0.1) is 5.92 Å². The molecule has 4 rings (SSSR count). The SMILES string of the molecule is C[C@H]1CN(C(=O)c2ccc(Cn3cccn3)o2)C[C@H]1N1CCOCC1. The summed E-state index contributed by atoms with van der Waals surface area (Å²) in [5.41, 5.74) is 0. The second-order valence-electron chi connectivity index (χ2n) is 6.87. The first-order valence-corrected chi connectivity index (χ1v) is 8.88. The summed E-state index contributed by atoms with van der Waals surface area (Å²) in [4.78, 5) is 17.2. The van der Waals surface area contributed by atoms with Gasteiger partial charge in [-0.1, -0.05) is 6.92 Å². The van der Waals surface area contributed by atoms with E-state index >= 15 is 0 Å². The number of carbonyl (C=O) groups excluding carboxylic acids is 1. The minimum absolute atomic E-state index is 0.0191. The number of hydrogen-bond acceptors (Lipinski definition) is 5. The number of hydrogen-bond donors (Lipinski definition) is 0. The second-order valence-corrected chi connectivity index (χ2v) is 6.87. The van der Waals surface area contributed by atoms with Gasteiger partial charge >= 0.3 is 0 Å². The number of rotatable bonds is 4. The Kier molecular flexibility index (Phi) is 4.59. The Hall–Kier alpha value is -2.12. The molecule has 0 bridgehead atoms. The van der Waals surface area contributed by atoms with Crippen LogP contribution in [0.25, 0.3) is 0 Å². The molecule has 7 nitrogen and oxygen atoms in total. The van der Waals surface area contributed by atoms with Crippen LogP contribution < -0.4 is 0 Å². The van der Waals surface area contributed by atoms with Crippen molar-refractivity contribution >= 4 is 5.91 Å². The van der Waals surface area contributed by atoms with Crippen molar-refractivity contribution in [3.63, 3.8) is 0 Å². The van der Waals surface area contributed by atoms with Gasteiger partial charge in [0.25, 0.3) is 5.91 Å². The van der Waals surface area contributed by atoms with Crippen LogP contribution in [0.4, 0.5) is 0 Å². The monoisotopic (exact) mass is 344 g/mol. The highest BCUT2D eigenvalue weighted by molar-refractivity contribution is 5.91. The van der Waals surface area contributed by atoms with Gasteiger partial charge in [0, 0.05) is 44.6 Å². The largest absolute Gasteiger partial charge is 0.454 e. The van der Waals surface area contributed by atoms with Crippen LogP contribution in [0.3, 0.4) is 0 Å². The van der Waals surface area contributed by atoms with E-state index in [1.54, 1.807) is 16.9 Å². The first-order chi connectivity index (χ1) is 12.2. The average Bonchev–Trinajstić information content (AvgIpc) is 3.37.